The Morgan fingerprint density at radius 1 is 1.32 bits per heavy atom. The van der Waals surface area contributed by atoms with Gasteiger partial charge >= 0.3 is 11.7 Å². The van der Waals surface area contributed by atoms with Gasteiger partial charge in [0.2, 0.25) is 0 Å². The van der Waals surface area contributed by atoms with Gasteiger partial charge in [0.25, 0.3) is 0 Å². The number of nitrogens with zero attached hydrogens (tertiary/aromatic N) is 1. The van der Waals surface area contributed by atoms with E-state index in [0.29, 0.717) is 42.5 Å². The van der Waals surface area contributed by atoms with Crippen molar-refractivity contribution >= 4 is 11.7 Å². The van der Waals surface area contributed by atoms with Crippen LogP contribution in [0.4, 0.5) is 10.5 Å². The van der Waals surface area contributed by atoms with Crippen LogP contribution in [0.5, 0.6) is 11.5 Å². The van der Waals surface area contributed by atoms with Gasteiger partial charge in [-0.2, -0.15) is 0 Å². The molecule has 2 aromatic rings. The zero-order valence-corrected chi connectivity index (χ0v) is 14.2. The number of amides is 2. The molecule has 25 heavy (non-hydrogen) atoms. The molecule has 0 saturated carbocycles. The van der Waals surface area contributed by atoms with Gasteiger partial charge in [-0.3, -0.25) is 0 Å². The number of likely N-dealkylation sites (tertiary alicyclic amines) is 1. The fourth-order valence-corrected chi connectivity index (χ4v) is 2.79. The highest BCUT2D eigenvalue weighted by Gasteiger charge is 2.28. The van der Waals surface area contributed by atoms with Crippen LogP contribution in [0.15, 0.2) is 45.6 Å². The van der Waals surface area contributed by atoms with Gasteiger partial charge in [0, 0.05) is 19.0 Å². The maximum atomic E-state index is 12.4. The third-order valence-corrected chi connectivity index (χ3v) is 3.95. The van der Waals surface area contributed by atoms with Crippen LogP contribution in [0.25, 0.3) is 0 Å². The second-order valence-electron chi connectivity index (χ2n) is 5.83. The van der Waals surface area contributed by atoms with Crippen molar-refractivity contribution in [3.63, 3.8) is 0 Å². The van der Waals surface area contributed by atoms with Crippen molar-refractivity contribution in [1.29, 1.82) is 0 Å². The maximum Gasteiger partial charge on any atom is 0.339 e. The van der Waals surface area contributed by atoms with Gasteiger partial charge in [0.15, 0.2) is 0 Å². The smallest absolute Gasteiger partial charge is 0.339 e. The molecule has 2 amide bonds. The van der Waals surface area contributed by atoms with Gasteiger partial charge in [-0.15, -0.1) is 0 Å². The number of hydrogen-bond acceptors (Lipinski definition) is 5. The van der Waals surface area contributed by atoms with Crippen LogP contribution in [-0.4, -0.2) is 37.2 Å². The van der Waals surface area contributed by atoms with E-state index in [1.165, 1.54) is 6.07 Å². The van der Waals surface area contributed by atoms with Crippen molar-refractivity contribution in [2.45, 2.75) is 19.4 Å². The lowest BCUT2D eigenvalue weighted by Gasteiger charge is -2.19. The second kappa shape index (κ2) is 7.29. The standard InChI is InChI=1S/C18H20N2O5/c1-12-9-14(10-17(21)24-12)25-13-7-8-20(11-13)18(22)19-15-5-3-4-6-16(15)23-2/h3-6,9-10,13H,7-8,11H2,1-2H3,(H,19,22). The lowest BCUT2D eigenvalue weighted by molar-refractivity contribution is 0.193. The molecule has 0 aliphatic carbocycles. The Labute approximate surface area is 145 Å². The average molecular weight is 344 g/mol. The number of ether oxygens (including phenoxy) is 2. The molecule has 7 heteroatoms. The van der Waals surface area contributed by atoms with Crippen LogP contribution < -0.4 is 20.4 Å². The van der Waals surface area contributed by atoms with E-state index in [2.05, 4.69) is 5.32 Å². The van der Waals surface area contributed by atoms with Gasteiger partial charge in [-0.25, -0.2) is 9.59 Å². The molecule has 0 radical (unpaired) electrons. The molecule has 0 bridgehead atoms. The maximum absolute atomic E-state index is 12.4. The quantitative estimate of drug-likeness (QED) is 0.922. The van der Waals surface area contributed by atoms with E-state index in [0.717, 1.165) is 0 Å². The highest BCUT2D eigenvalue weighted by atomic mass is 16.5. The number of carbonyl (C=O) groups excluding carboxylic acids is 1. The van der Waals surface area contributed by atoms with Gasteiger partial charge in [0.1, 0.15) is 23.4 Å². The van der Waals surface area contributed by atoms with Crippen molar-refractivity contribution in [1.82, 2.24) is 4.90 Å². The summed E-state index contributed by atoms with van der Waals surface area (Å²) in [5, 5.41) is 2.85. The van der Waals surface area contributed by atoms with Crippen molar-refractivity contribution in [3.8, 4) is 11.5 Å². The predicted octanol–water partition coefficient (Wildman–Crippen LogP) is 2.64. The number of carbonyl (C=O) groups is 1. The number of aryl methyl sites for hydroxylation is 1. The minimum Gasteiger partial charge on any atom is -0.495 e. The van der Waals surface area contributed by atoms with E-state index < -0.39 is 5.63 Å². The molecule has 1 saturated heterocycles. The van der Waals surface area contributed by atoms with Crippen molar-refractivity contribution in [2.24, 2.45) is 0 Å². The highest BCUT2D eigenvalue weighted by Crippen LogP contribution is 2.24. The first-order valence-corrected chi connectivity index (χ1v) is 8.02. The SMILES string of the molecule is COc1ccccc1NC(=O)N1CCC(Oc2cc(C)oc(=O)c2)C1. The monoisotopic (exact) mass is 344 g/mol. The van der Waals surface area contributed by atoms with Crippen molar-refractivity contribution in [2.75, 3.05) is 25.5 Å². The fourth-order valence-electron chi connectivity index (χ4n) is 2.79. The Morgan fingerprint density at radius 3 is 2.88 bits per heavy atom. The third kappa shape index (κ3) is 4.12. The fraction of sp³-hybridized carbons (Fsp3) is 0.333. The zero-order chi connectivity index (χ0) is 17.8. The Hall–Kier alpha value is -2.96. The molecule has 1 unspecified atom stereocenters. The lowest BCUT2D eigenvalue weighted by Crippen LogP contribution is -2.34. The highest BCUT2D eigenvalue weighted by molar-refractivity contribution is 5.91. The van der Waals surface area contributed by atoms with Crippen molar-refractivity contribution < 1.29 is 18.7 Å². The van der Waals surface area contributed by atoms with E-state index in [4.69, 9.17) is 13.9 Å². The molecule has 1 atom stereocenters. The number of urea groups is 1. The summed E-state index contributed by atoms with van der Waals surface area (Å²) < 4.78 is 15.9. The summed E-state index contributed by atoms with van der Waals surface area (Å²) in [6, 6.07) is 10.0. The molecule has 2 heterocycles. The molecule has 3 rings (SSSR count). The minimum absolute atomic E-state index is 0.162. The summed E-state index contributed by atoms with van der Waals surface area (Å²) in [6.07, 6.45) is 0.531. The van der Waals surface area contributed by atoms with Crippen LogP contribution in [0, 0.1) is 6.92 Å². The van der Waals surface area contributed by atoms with Crippen LogP contribution in [-0.2, 0) is 0 Å². The first-order valence-electron chi connectivity index (χ1n) is 8.02. The summed E-state index contributed by atoms with van der Waals surface area (Å²) in [4.78, 5) is 25.5. The molecule has 7 nitrogen and oxygen atoms in total. The summed E-state index contributed by atoms with van der Waals surface area (Å²) in [7, 11) is 1.56. The van der Waals surface area contributed by atoms with Gasteiger partial charge in [-0.1, -0.05) is 12.1 Å². The number of nitrogens with one attached hydrogen (secondary N) is 1. The number of methoxy groups -OCH3 is 1. The van der Waals surface area contributed by atoms with E-state index in [1.807, 2.05) is 12.1 Å². The summed E-state index contributed by atoms with van der Waals surface area (Å²) in [5.41, 5.74) is 0.175. The van der Waals surface area contributed by atoms with E-state index >= 15 is 0 Å². The third-order valence-electron chi connectivity index (χ3n) is 3.95. The first-order chi connectivity index (χ1) is 12.0. The Balaban J connectivity index is 1.60. The molecule has 132 valence electrons. The van der Waals surface area contributed by atoms with Gasteiger partial charge in [0.05, 0.1) is 25.4 Å². The molecular formula is C18H20N2O5. The average Bonchev–Trinajstić information content (AvgIpc) is 3.03. The molecule has 1 aliphatic heterocycles. The summed E-state index contributed by atoms with van der Waals surface area (Å²) in [6.45, 7) is 2.71. The molecule has 1 fully saturated rings. The van der Waals surface area contributed by atoms with E-state index in [-0.39, 0.29) is 12.1 Å². The molecule has 1 N–H and O–H groups in total. The lowest BCUT2D eigenvalue weighted by atomic mass is 10.3. The predicted molar refractivity (Wildman–Crippen MR) is 92.3 cm³/mol. The van der Waals surface area contributed by atoms with Crippen LogP contribution >= 0.6 is 0 Å². The molecular weight excluding hydrogens is 324 g/mol. The van der Waals surface area contributed by atoms with Crippen LogP contribution in [0.1, 0.15) is 12.2 Å². The number of anilines is 1. The molecule has 0 spiro atoms. The van der Waals surface area contributed by atoms with Crippen LogP contribution in [0.3, 0.4) is 0 Å². The minimum atomic E-state index is -0.446. The number of benzene rings is 1. The summed E-state index contributed by atoms with van der Waals surface area (Å²) >= 11 is 0. The van der Waals surface area contributed by atoms with Crippen molar-refractivity contribution in [3.05, 3.63) is 52.6 Å². The number of para-hydroxylation sites is 2. The Morgan fingerprint density at radius 2 is 2.12 bits per heavy atom. The van der Waals surface area contributed by atoms with Gasteiger partial charge < -0.3 is 24.1 Å². The first kappa shape index (κ1) is 16.9. The summed E-state index contributed by atoms with van der Waals surface area (Å²) in [5.74, 6) is 1.56. The topological polar surface area (TPSA) is 81.0 Å². The van der Waals surface area contributed by atoms with Gasteiger partial charge in [-0.05, 0) is 19.1 Å². The largest absolute Gasteiger partial charge is 0.495 e. The second-order valence-corrected chi connectivity index (χ2v) is 5.83. The number of hydrogen-bond donors (Lipinski definition) is 1. The molecule has 1 aliphatic rings. The normalized spacial score (nSPS) is 16.6. The number of rotatable bonds is 4. The molecule has 1 aromatic heterocycles. The Kier molecular flexibility index (Phi) is 4.92. The molecule has 1 aromatic carbocycles. The van der Waals surface area contributed by atoms with Crippen LogP contribution in [0.2, 0.25) is 0 Å². The van der Waals surface area contributed by atoms with E-state index in [1.54, 1.807) is 37.1 Å². The zero-order valence-electron chi connectivity index (χ0n) is 14.2. The van der Waals surface area contributed by atoms with E-state index in [9.17, 15) is 9.59 Å². The Bertz CT molecular complexity index is 817.